The predicted molar refractivity (Wildman–Crippen MR) is 91.4 cm³/mol. The van der Waals surface area contributed by atoms with Crippen molar-refractivity contribution in [3.63, 3.8) is 0 Å². The molecule has 20 heavy (non-hydrogen) atoms. The lowest BCUT2D eigenvalue weighted by molar-refractivity contribution is 0.185. The molecule has 0 saturated heterocycles. The largest absolute Gasteiger partial charge is 0.396 e. The number of nitrogens with two attached hydrogens (primary N) is 1. The van der Waals surface area contributed by atoms with Gasteiger partial charge < -0.3 is 20.9 Å². The lowest BCUT2D eigenvalue weighted by Gasteiger charge is -2.12. The molecule has 6 heteroatoms. The molecule has 1 aromatic rings. The molecule has 1 aromatic carbocycles. The second kappa shape index (κ2) is 7.80. The average Bonchev–Trinajstić information content (AvgIpc) is 3.20. The van der Waals surface area contributed by atoms with Crippen LogP contribution in [0.15, 0.2) is 29.3 Å². The van der Waals surface area contributed by atoms with Crippen molar-refractivity contribution in [3.8, 4) is 0 Å². The smallest absolute Gasteiger partial charge is 0.193 e. The van der Waals surface area contributed by atoms with E-state index >= 15 is 0 Å². The SMILES string of the molecule is COCc1ccccc1NC(N)=NCC1(CO)CC1.I. The summed E-state index contributed by atoms with van der Waals surface area (Å²) in [4.78, 5) is 4.31. The van der Waals surface area contributed by atoms with Gasteiger partial charge in [-0.05, 0) is 18.9 Å². The van der Waals surface area contributed by atoms with Gasteiger partial charge in [-0.2, -0.15) is 0 Å². The molecular weight excluding hydrogens is 369 g/mol. The first-order chi connectivity index (χ1) is 9.19. The second-order valence-electron chi connectivity index (χ2n) is 5.07. The molecule has 0 amide bonds. The van der Waals surface area contributed by atoms with E-state index in [2.05, 4.69) is 10.3 Å². The number of halogens is 1. The number of nitrogens with zero attached hydrogens (tertiary/aromatic N) is 1. The Bertz CT molecular complexity index is 461. The van der Waals surface area contributed by atoms with E-state index in [0.29, 0.717) is 19.1 Å². The highest BCUT2D eigenvalue weighted by Crippen LogP contribution is 2.45. The van der Waals surface area contributed by atoms with Crippen molar-refractivity contribution in [1.82, 2.24) is 0 Å². The molecule has 2 rings (SSSR count). The van der Waals surface area contributed by atoms with Gasteiger partial charge in [0.05, 0.1) is 19.8 Å². The van der Waals surface area contributed by atoms with Crippen LogP contribution in [0.1, 0.15) is 18.4 Å². The van der Waals surface area contributed by atoms with Crippen LogP contribution in [-0.2, 0) is 11.3 Å². The Morgan fingerprint density at radius 2 is 2.15 bits per heavy atom. The van der Waals surface area contributed by atoms with Crippen molar-refractivity contribution in [2.75, 3.05) is 25.6 Å². The molecule has 0 aromatic heterocycles. The van der Waals surface area contributed by atoms with E-state index in [-0.39, 0.29) is 36.0 Å². The van der Waals surface area contributed by atoms with Gasteiger partial charge in [0.15, 0.2) is 5.96 Å². The maximum atomic E-state index is 9.23. The number of nitrogens with one attached hydrogen (secondary N) is 1. The van der Waals surface area contributed by atoms with Gasteiger partial charge in [-0.15, -0.1) is 24.0 Å². The molecule has 1 fully saturated rings. The Balaban J connectivity index is 0.00000200. The Kier molecular flexibility index (Phi) is 6.70. The van der Waals surface area contributed by atoms with Crippen molar-refractivity contribution in [1.29, 1.82) is 0 Å². The summed E-state index contributed by atoms with van der Waals surface area (Å²) in [6, 6.07) is 7.81. The molecule has 0 radical (unpaired) electrons. The van der Waals surface area contributed by atoms with Crippen LogP contribution in [0.4, 0.5) is 5.69 Å². The van der Waals surface area contributed by atoms with E-state index in [1.54, 1.807) is 7.11 Å². The van der Waals surface area contributed by atoms with Crippen molar-refractivity contribution < 1.29 is 9.84 Å². The Hall–Kier alpha value is -0.860. The van der Waals surface area contributed by atoms with Crippen LogP contribution < -0.4 is 11.1 Å². The molecule has 0 unspecified atom stereocenters. The Morgan fingerprint density at radius 1 is 1.45 bits per heavy atom. The zero-order valence-corrected chi connectivity index (χ0v) is 14.0. The minimum absolute atomic E-state index is 0. The summed E-state index contributed by atoms with van der Waals surface area (Å²) < 4.78 is 5.14. The van der Waals surface area contributed by atoms with Crippen molar-refractivity contribution in [3.05, 3.63) is 29.8 Å². The zero-order chi connectivity index (χ0) is 13.7. The molecule has 0 heterocycles. The number of aliphatic hydroxyl groups excluding tert-OH is 1. The number of hydrogen-bond donors (Lipinski definition) is 3. The van der Waals surface area contributed by atoms with Crippen LogP contribution >= 0.6 is 24.0 Å². The fourth-order valence-corrected chi connectivity index (χ4v) is 1.90. The molecular formula is C14H22IN3O2. The second-order valence-corrected chi connectivity index (χ2v) is 5.07. The zero-order valence-electron chi connectivity index (χ0n) is 11.6. The quantitative estimate of drug-likeness (QED) is 0.394. The number of aliphatic imine (C=N–C) groups is 1. The first-order valence-electron chi connectivity index (χ1n) is 6.44. The third kappa shape index (κ3) is 4.60. The van der Waals surface area contributed by atoms with Gasteiger partial charge >= 0.3 is 0 Å². The number of guanidine groups is 1. The van der Waals surface area contributed by atoms with Gasteiger partial charge in [0.25, 0.3) is 0 Å². The first kappa shape index (κ1) is 17.2. The van der Waals surface area contributed by atoms with Crippen molar-refractivity contribution in [2.45, 2.75) is 19.4 Å². The maximum Gasteiger partial charge on any atom is 0.193 e. The Morgan fingerprint density at radius 3 is 2.75 bits per heavy atom. The molecule has 4 N–H and O–H groups in total. The fourth-order valence-electron chi connectivity index (χ4n) is 1.90. The minimum Gasteiger partial charge on any atom is -0.396 e. The van der Waals surface area contributed by atoms with Gasteiger partial charge in [-0.1, -0.05) is 18.2 Å². The number of para-hydroxylation sites is 1. The lowest BCUT2D eigenvalue weighted by Crippen LogP contribution is -2.25. The van der Waals surface area contributed by atoms with Crippen LogP contribution in [0.3, 0.4) is 0 Å². The van der Waals surface area contributed by atoms with Crippen LogP contribution in [0.5, 0.6) is 0 Å². The van der Waals surface area contributed by atoms with E-state index in [0.717, 1.165) is 24.1 Å². The van der Waals surface area contributed by atoms with E-state index in [4.69, 9.17) is 10.5 Å². The molecule has 1 saturated carbocycles. The number of aliphatic hydroxyl groups is 1. The standard InChI is InChI=1S/C14H21N3O2.HI/c1-19-8-11-4-2-3-5-12(11)17-13(15)16-9-14(10-18)6-7-14;/h2-5,18H,6-10H2,1H3,(H3,15,16,17);1H. The lowest BCUT2D eigenvalue weighted by atomic mass is 10.1. The fraction of sp³-hybridized carbons (Fsp3) is 0.500. The molecule has 1 aliphatic rings. The summed E-state index contributed by atoms with van der Waals surface area (Å²) in [5.74, 6) is 0.378. The highest BCUT2D eigenvalue weighted by molar-refractivity contribution is 14.0. The van der Waals surface area contributed by atoms with Gasteiger partial charge in [0.1, 0.15) is 0 Å². The average molecular weight is 391 g/mol. The summed E-state index contributed by atoms with van der Waals surface area (Å²) >= 11 is 0. The molecule has 0 aliphatic heterocycles. The summed E-state index contributed by atoms with van der Waals surface area (Å²) in [5.41, 5.74) is 7.80. The summed E-state index contributed by atoms with van der Waals surface area (Å²) in [6.45, 7) is 1.29. The number of hydrogen-bond acceptors (Lipinski definition) is 3. The van der Waals surface area contributed by atoms with Crippen molar-refractivity contribution in [2.24, 2.45) is 16.1 Å². The third-order valence-corrected chi connectivity index (χ3v) is 3.46. The number of rotatable bonds is 6. The van der Waals surface area contributed by atoms with E-state index in [9.17, 15) is 5.11 Å². The first-order valence-corrected chi connectivity index (χ1v) is 6.44. The number of benzene rings is 1. The van der Waals surface area contributed by atoms with E-state index in [1.165, 1.54) is 0 Å². The monoisotopic (exact) mass is 391 g/mol. The summed E-state index contributed by atoms with van der Waals surface area (Å²) in [6.07, 6.45) is 2.06. The normalized spacial score (nSPS) is 16.4. The van der Waals surface area contributed by atoms with Crippen LogP contribution in [-0.4, -0.2) is 31.3 Å². The highest BCUT2D eigenvalue weighted by atomic mass is 127. The van der Waals surface area contributed by atoms with Gasteiger partial charge in [-0.25, -0.2) is 0 Å². The van der Waals surface area contributed by atoms with Gasteiger partial charge in [0.2, 0.25) is 0 Å². The number of methoxy groups -OCH3 is 1. The van der Waals surface area contributed by atoms with E-state index in [1.807, 2.05) is 24.3 Å². The molecule has 5 nitrogen and oxygen atoms in total. The highest BCUT2D eigenvalue weighted by Gasteiger charge is 2.41. The topological polar surface area (TPSA) is 79.9 Å². The number of anilines is 1. The molecule has 0 bridgehead atoms. The third-order valence-electron chi connectivity index (χ3n) is 3.46. The summed E-state index contributed by atoms with van der Waals surface area (Å²) in [7, 11) is 1.66. The van der Waals surface area contributed by atoms with Crippen LogP contribution in [0, 0.1) is 5.41 Å². The maximum absolute atomic E-state index is 9.23. The van der Waals surface area contributed by atoms with E-state index < -0.39 is 0 Å². The predicted octanol–water partition coefficient (Wildman–Crippen LogP) is 1.95. The number of ether oxygens (including phenoxy) is 1. The van der Waals surface area contributed by atoms with Gasteiger partial charge in [-0.3, -0.25) is 4.99 Å². The van der Waals surface area contributed by atoms with Crippen LogP contribution in [0.2, 0.25) is 0 Å². The van der Waals surface area contributed by atoms with Gasteiger partial charge in [0, 0.05) is 23.8 Å². The molecule has 0 atom stereocenters. The van der Waals surface area contributed by atoms with Crippen LogP contribution in [0.25, 0.3) is 0 Å². The molecule has 112 valence electrons. The Labute approximate surface area is 136 Å². The molecule has 0 spiro atoms. The minimum atomic E-state index is -0.0155. The van der Waals surface area contributed by atoms with Crippen molar-refractivity contribution >= 4 is 35.6 Å². The molecule has 1 aliphatic carbocycles. The summed E-state index contributed by atoms with van der Waals surface area (Å²) in [5, 5.41) is 12.3.